The van der Waals surface area contributed by atoms with Gasteiger partial charge in [0.25, 0.3) is 0 Å². The normalized spacial score (nSPS) is 20.3. The summed E-state index contributed by atoms with van der Waals surface area (Å²) in [4.78, 5) is 0. The summed E-state index contributed by atoms with van der Waals surface area (Å²) in [5, 5.41) is 8.40. The summed E-state index contributed by atoms with van der Waals surface area (Å²) in [6.45, 7) is 4.42. The molecule has 1 aliphatic carbocycles. The van der Waals surface area contributed by atoms with Crippen molar-refractivity contribution in [1.29, 1.82) is 0 Å². The summed E-state index contributed by atoms with van der Waals surface area (Å²) >= 11 is 0. The Labute approximate surface area is 157 Å². The number of halogens is 1. The molecular formula is C23H31FN2. The SMILES string of the molecule is CCCc1ccc(-c2ccc(CCC3CCC(CC)CC3)cc2F)nn1. The van der Waals surface area contributed by atoms with Crippen molar-refractivity contribution in [3.63, 3.8) is 0 Å². The molecule has 3 heteroatoms. The fraction of sp³-hybridized carbons (Fsp3) is 0.565. The molecule has 140 valence electrons. The van der Waals surface area contributed by atoms with Crippen LogP contribution < -0.4 is 0 Å². The molecule has 0 amide bonds. The van der Waals surface area contributed by atoms with Crippen LogP contribution >= 0.6 is 0 Å². The molecule has 1 saturated carbocycles. The lowest BCUT2D eigenvalue weighted by molar-refractivity contribution is 0.259. The molecule has 1 aromatic carbocycles. The van der Waals surface area contributed by atoms with Crippen LogP contribution in [0.3, 0.4) is 0 Å². The third-order valence-electron chi connectivity index (χ3n) is 5.92. The van der Waals surface area contributed by atoms with E-state index in [-0.39, 0.29) is 5.82 Å². The van der Waals surface area contributed by atoms with Crippen LogP contribution in [-0.2, 0) is 12.8 Å². The quantitative estimate of drug-likeness (QED) is 0.576. The van der Waals surface area contributed by atoms with Gasteiger partial charge in [-0.3, -0.25) is 0 Å². The van der Waals surface area contributed by atoms with Crippen LogP contribution in [0, 0.1) is 17.7 Å². The summed E-state index contributed by atoms with van der Waals surface area (Å²) in [6.07, 6.45) is 10.9. The zero-order chi connectivity index (χ0) is 18.4. The van der Waals surface area contributed by atoms with Crippen molar-refractivity contribution in [3.8, 4) is 11.3 Å². The maximum atomic E-state index is 14.6. The lowest BCUT2D eigenvalue weighted by atomic mass is 9.78. The minimum atomic E-state index is -0.185. The van der Waals surface area contributed by atoms with E-state index in [2.05, 4.69) is 30.1 Å². The number of aryl methyl sites for hydroxylation is 2. The van der Waals surface area contributed by atoms with Crippen molar-refractivity contribution in [2.24, 2.45) is 11.8 Å². The molecule has 0 unspecified atom stereocenters. The van der Waals surface area contributed by atoms with Gasteiger partial charge in [0.05, 0.1) is 11.4 Å². The monoisotopic (exact) mass is 354 g/mol. The fourth-order valence-corrected chi connectivity index (χ4v) is 4.11. The highest BCUT2D eigenvalue weighted by molar-refractivity contribution is 5.59. The first-order chi connectivity index (χ1) is 12.7. The molecule has 0 N–H and O–H groups in total. The first kappa shape index (κ1) is 19.0. The van der Waals surface area contributed by atoms with E-state index >= 15 is 0 Å². The Morgan fingerprint density at radius 3 is 2.31 bits per heavy atom. The molecule has 1 aromatic heterocycles. The van der Waals surface area contributed by atoms with Crippen molar-refractivity contribution < 1.29 is 4.39 Å². The van der Waals surface area contributed by atoms with Crippen LogP contribution in [0.15, 0.2) is 30.3 Å². The topological polar surface area (TPSA) is 25.8 Å². The molecule has 1 aliphatic rings. The summed E-state index contributed by atoms with van der Waals surface area (Å²) in [5.41, 5.74) is 3.23. The van der Waals surface area contributed by atoms with Crippen molar-refractivity contribution in [2.75, 3.05) is 0 Å². The van der Waals surface area contributed by atoms with Gasteiger partial charge in [-0.15, -0.1) is 0 Å². The van der Waals surface area contributed by atoms with Crippen LogP contribution in [-0.4, -0.2) is 10.2 Å². The average Bonchev–Trinajstić information content (AvgIpc) is 2.68. The zero-order valence-corrected chi connectivity index (χ0v) is 16.2. The molecule has 26 heavy (non-hydrogen) atoms. The second-order valence-electron chi connectivity index (χ2n) is 7.81. The Kier molecular flexibility index (Phi) is 6.76. The number of benzene rings is 1. The predicted molar refractivity (Wildman–Crippen MR) is 105 cm³/mol. The first-order valence-electron chi connectivity index (χ1n) is 10.3. The smallest absolute Gasteiger partial charge is 0.132 e. The average molecular weight is 355 g/mol. The lowest BCUT2D eigenvalue weighted by Crippen LogP contribution is -2.14. The van der Waals surface area contributed by atoms with Gasteiger partial charge in [0.2, 0.25) is 0 Å². The third-order valence-corrected chi connectivity index (χ3v) is 5.92. The van der Waals surface area contributed by atoms with E-state index < -0.39 is 0 Å². The maximum absolute atomic E-state index is 14.6. The van der Waals surface area contributed by atoms with Gasteiger partial charge in [-0.05, 0) is 60.9 Å². The maximum Gasteiger partial charge on any atom is 0.132 e. The number of aromatic nitrogens is 2. The van der Waals surface area contributed by atoms with E-state index in [4.69, 9.17) is 0 Å². The molecule has 0 bridgehead atoms. The third kappa shape index (κ3) is 4.90. The van der Waals surface area contributed by atoms with Crippen LogP contribution in [0.2, 0.25) is 0 Å². The minimum Gasteiger partial charge on any atom is -0.206 e. The summed E-state index contributed by atoms with van der Waals surface area (Å²) < 4.78 is 14.6. The molecule has 0 aliphatic heterocycles. The summed E-state index contributed by atoms with van der Waals surface area (Å²) in [7, 11) is 0. The summed E-state index contributed by atoms with van der Waals surface area (Å²) in [6, 6.07) is 9.43. The van der Waals surface area contributed by atoms with E-state index in [1.165, 1.54) is 38.5 Å². The largest absolute Gasteiger partial charge is 0.206 e. The molecule has 1 heterocycles. The number of hydrogen-bond acceptors (Lipinski definition) is 2. The lowest BCUT2D eigenvalue weighted by Gasteiger charge is -2.27. The van der Waals surface area contributed by atoms with Crippen LogP contribution in [0.25, 0.3) is 11.3 Å². The molecule has 1 fully saturated rings. The Hall–Kier alpha value is -1.77. The van der Waals surface area contributed by atoms with Gasteiger partial charge in [-0.1, -0.05) is 58.4 Å². The van der Waals surface area contributed by atoms with Gasteiger partial charge in [0, 0.05) is 5.56 Å². The second kappa shape index (κ2) is 9.25. The number of nitrogens with zero attached hydrogens (tertiary/aromatic N) is 2. The molecule has 2 aromatic rings. The fourth-order valence-electron chi connectivity index (χ4n) is 4.11. The molecule has 0 atom stereocenters. The van der Waals surface area contributed by atoms with Gasteiger partial charge in [-0.25, -0.2) is 4.39 Å². The van der Waals surface area contributed by atoms with Crippen LogP contribution in [0.1, 0.15) is 70.1 Å². The molecule has 0 saturated heterocycles. The van der Waals surface area contributed by atoms with E-state index in [9.17, 15) is 4.39 Å². The predicted octanol–water partition coefficient (Wildman–Crippen LogP) is 6.38. The van der Waals surface area contributed by atoms with E-state index in [0.717, 1.165) is 42.4 Å². The highest BCUT2D eigenvalue weighted by Gasteiger charge is 2.19. The highest BCUT2D eigenvalue weighted by Crippen LogP contribution is 2.33. The van der Waals surface area contributed by atoms with Crippen LogP contribution in [0.5, 0.6) is 0 Å². The summed E-state index contributed by atoms with van der Waals surface area (Å²) in [5.74, 6) is 1.57. The van der Waals surface area contributed by atoms with Gasteiger partial charge in [0.1, 0.15) is 5.82 Å². The Bertz CT molecular complexity index is 688. The zero-order valence-electron chi connectivity index (χ0n) is 16.2. The Morgan fingerprint density at radius 1 is 0.923 bits per heavy atom. The van der Waals surface area contributed by atoms with Crippen molar-refractivity contribution >= 4 is 0 Å². The van der Waals surface area contributed by atoms with E-state index in [1.54, 1.807) is 6.07 Å². The number of rotatable bonds is 7. The molecular weight excluding hydrogens is 323 g/mol. The van der Waals surface area contributed by atoms with Crippen LogP contribution in [0.4, 0.5) is 4.39 Å². The van der Waals surface area contributed by atoms with Gasteiger partial charge < -0.3 is 0 Å². The van der Waals surface area contributed by atoms with Crippen molar-refractivity contribution in [1.82, 2.24) is 10.2 Å². The molecule has 0 spiro atoms. The Morgan fingerprint density at radius 2 is 1.69 bits per heavy atom. The first-order valence-corrected chi connectivity index (χ1v) is 10.3. The van der Waals surface area contributed by atoms with E-state index in [1.807, 2.05) is 18.2 Å². The minimum absolute atomic E-state index is 0.185. The number of hydrogen-bond donors (Lipinski definition) is 0. The van der Waals surface area contributed by atoms with Crippen molar-refractivity contribution in [3.05, 3.63) is 47.4 Å². The van der Waals surface area contributed by atoms with E-state index in [0.29, 0.717) is 11.3 Å². The van der Waals surface area contributed by atoms with Gasteiger partial charge in [-0.2, -0.15) is 10.2 Å². The van der Waals surface area contributed by atoms with Gasteiger partial charge in [0.15, 0.2) is 0 Å². The molecule has 0 radical (unpaired) electrons. The standard InChI is InChI=1S/C23H31FN2/c1-3-5-20-13-15-23(26-25-20)21-14-12-19(16-22(21)24)11-10-18-8-6-17(4-2)7-9-18/h12-18H,3-11H2,1-2H3. The Balaban J connectivity index is 1.59. The highest BCUT2D eigenvalue weighted by atomic mass is 19.1. The molecule has 2 nitrogen and oxygen atoms in total. The van der Waals surface area contributed by atoms with Crippen molar-refractivity contribution in [2.45, 2.75) is 71.6 Å². The molecule has 3 rings (SSSR count). The van der Waals surface area contributed by atoms with Gasteiger partial charge >= 0.3 is 0 Å². The second-order valence-corrected chi connectivity index (χ2v) is 7.81.